The molecule has 3 saturated heterocycles. The van der Waals surface area contributed by atoms with Gasteiger partial charge in [0.25, 0.3) is 0 Å². The van der Waals surface area contributed by atoms with Gasteiger partial charge in [0.1, 0.15) is 59.9 Å². The lowest BCUT2D eigenvalue weighted by molar-refractivity contribution is -0.160. The number of unbranched alkanes of at least 4 members (excludes halogenated alkanes) is 2. The molecule has 4 aliphatic rings. The summed E-state index contributed by atoms with van der Waals surface area (Å²) in [5.74, 6) is -9.21. The molecule has 3 N–H and O–H groups in total. The fraction of sp³-hybridized carbons (Fsp3) is 0.667. The van der Waals surface area contributed by atoms with Crippen molar-refractivity contribution >= 4 is 82.5 Å². The maximum Gasteiger partial charge on any atom is 0.417 e. The second-order valence-corrected chi connectivity index (χ2v) is 28.7. The zero-order valence-electron chi connectivity index (χ0n) is 61.0. The summed E-state index contributed by atoms with van der Waals surface area (Å²) in [6.07, 6.45) is -1.02. The summed E-state index contributed by atoms with van der Waals surface area (Å²) in [5, 5.41) is 8.09. The number of rotatable bonds is 14. The number of halogens is 4. The summed E-state index contributed by atoms with van der Waals surface area (Å²) < 4.78 is 41.6. The molecule has 0 radical (unpaired) electrons. The first kappa shape index (κ1) is 81.1. The molecule has 1 spiro atoms. The van der Waals surface area contributed by atoms with Gasteiger partial charge in [0.05, 0.1) is 23.6 Å². The molecule has 0 unspecified atom stereocenters. The van der Waals surface area contributed by atoms with Crippen molar-refractivity contribution in [2.45, 2.75) is 224 Å². The van der Waals surface area contributed by atoms with Crippen molar-refractivity contribution in [2.75, 3.05) is 76.0 Å². The molecule has 11 atom stereocenters. The first-order valence-electron chi connectivity index (χ1n) is 35.2. The average Bonchev–Trinajstić information content (AvgIpc) is 1.38. The van der Waals surface area contributed by atoms with Gasteiger partial charge in [-0.2, -0.15) is 13.2 Å². The Bertz CT molecular complexity index is 3310. The third-order valence-electron chi connectivity index (χ3n) is 21.1. The number of benzene rings is 2. The van der Waals surface area contributed by atoms with E-state index in [0.29, 0.717) is 50.5 Å². The van der Waals surface area contributed by atoms with Gasteiger partial charge in [-0.05, 0) is 100 Å². The molecule has 3 heterocycles. The molecule has 2 aromatic rings. The molecule has 1 saturated carbocycles. The van der Waals surface area contributed by atoms with E-state index in [-0.39, 0.29) is 70.0 Å². The fourth-order valence-corrected chi connectivity index (χ4v) is 14.3. The first-order valence-corrected chi connectivity index (χ1v) is 35.6. The normalized spacial score (nSPS) is 25.9. The van der Waals surface area contributed by atoms with Crippen LogP contribution in [0.25, 0.3) is 0 Å². The average molecular weight is 1420 g/mol. The molecule has 3 aliphatic heterocycles. The lowest BCUT2D eigenvalue weighted by Gasteiger charge is -2.45. The monoisotopic (exact) mass is 1420 g/mol. The van der Waals surface area contributed by atoms with Crippen LogP contribution in [-0.4, -0.2) is 251 Å². The highest BCUT2D eigenvalue weighted by Gasteiger charge is 2.51. The minimum atomic E-state index is -4.77. The number of likely N-dealkylation sites (N-methyl/N-ethyl adjacent to an activating group) is 7. The van der Waals surface area contributed by atoms with Crippen molar-refractivity contribution < 1.29 is 70.7 Å². The summed E-state index contributed by atoms with van der Waals surface area (Å²) in [4.78, 5) is 190. The molecule has 0 aromatic heterocycles. The second kappa shape index (κ2) is 35.2. The van der Waals surface area contributed by atoms with Gasteiger partial charge in [0, 0.05) is 75.9 Å². The number of hydrogen-bond donors (Lipinski definition) is 3. The van der Waals surface area contributed by atoms with Crippen molar-refractivity contribution in [1.29, 1.82) is 0 Å². The van der Waals surface area contributed by atoms with Gasteiger partial charge >= 0.3 is 6.18 Å². The topological polar surface area (TPSA) is 270 Å². The Morgan fingerprint density at radius 3 is 1.85 bits per heavy atom. The molecule has 100 heavy (non-hydrogen) atoms. The van der Waals surface area contributed by atoms with E-state index in [1.54, 1.807) is 26.0 Å². The second-order valence-electron chi connectivity index (χ2n) is 28.3. The maximum absolute atomic E-state index is 15.4. The van der Waals surface area contributed by atoms with Gasteiger partial charge in [-0.15, -0.1) is 0 Å². The number of aryl methyl sites for hydroxylation is 2. The Morgan fingerprint density at radius 1 is 0.660 bits per heavy atom. The zero-order chi connectivity index (χ0) is 74.6. The number of nitrogens with one attached hydrogen (secondary N) is 3. The Hall–Kier alpha value is -7.84. The number of fused-ring (bicyclic) bond motifs is 2. The molecule has 12 amide bonds. The van der Waals surface area contributed by atoms with Gasteiger partial charge in [0.15, 0.2) is 0 Å². The highest BCUT2D eigenvalue weighted by Crippen LogP contribution is 2.37. The van der Waals surface area contributed by atoms with E-state index in [4.69, 9.17) is 11.6 Å². The third kappa shape index (κ3) is 19.0. The fourth-order valence-electron chi connectivity index (χ4n) is 14.0. The van der Waals surface area contributed by atoms with Crippen molar-refractivity contribution in [1.82, 2.24) is 60.0 Å². The van der Waals surface area contributed by atoms with Gasteiger partial charge in [-0.1, -0.05) is 127 Å². The van der Waals surface area contributed by atoms with Gasteiger partial charge in [-0.3, -0.25) is 57.5 Å². The van der Waals surface area contributed by atoms with Crippen LogP contribution in [0.5, 0.6) is 0 Å². The van der Waals surface area contributed by atoms with E-state index in [9.17, 15) is 51.5 Å². The van der Waals surface area contributed by atoms with Crippen LogP contribution in [-0.2, 0) is 76.6 Å². The number of alkyl halides is 3. The molecule has 24 nitrogen and oxygen atoms in total. The summed E-state index contributed by atoms with van der Waals surface area (Å²) in [5.41, 5.74) is -0.833. The number of carbonyl (C=O) groups excluding carboxylic acids is 12. The number of hydrogen-bond acceptors (Lipinski definition) is 12. The molecule has 28 heteroatoms. The molecular formula is C72H106ClF3N12O12. The SMILES string of the molecule is CCCCC[C@H]1C(=O)N[C@@H]([C@@H](C)CC)C(=O)N(C)[C@@H](C)C(=O)N2CC[C@H]2C(=O)N(C)[C@@H](Cc2ccc(C)cc2)C(=O)N(C)CC(=O)N[C@@H](CCc2ccc(C(F)(F)F)c(Cl)c2)C(=O)N2CCC[C@H]2C(=O)NC2(CCCC2)C(=O)N(C)[C@@H]([C@@H](C)CC)C(=O)N(C)[C@H](C(=O)N(C)C)CC(=O)N1C. The molecule has 2 aromatic carbocycles. The lowest BCUT2D eigenvalue weighted by Crippen LogP contribution is -2.65. The van der Waals surface area contributed by atoms with E-state index < -0.39 is 172 Å². The van der Waals surface area contributed by atoms with E-state index in [1.807, 2.05) is 39.8 Å². The van der Waals surface area contributed by atoms with Crippen LogP contribution in [0.4, 0.5) is 13.2 Å². The Balaban J connectivity index is 1.45. The van der Waals surface area contributed by atoms with E-state index in [2.05, 4.69) is 16.0 Å². The smallest absolute Gasteiger partial charge is 0.347 e. The minimum Gasteiger partial charge on any atom is -0.347 e. The molecular weight excluding hydrogens is 1320 g/mol. The summed E-state index contributed by atoms with van der Waals surface area (Å²) in [7, 11) is 11.3. The zero-order valence-corrected chi connectivity index (χ0v) is 61.7. The van der Waals surface area contributed by atoms with E-state index in [1.165, 1.54) is 104 Å². The largest absolute Gasteiger partial charge is 0.417 e. The summed E-state index contributed by atoms with van der Waals surface area (Å²) in [6, 6.07) is -0.983. The van der Waals surface area contributed by atoms with Crippen LogP contribution in [0.3, 0.4) is 0 Å². The van der Waals surface area contributed by atoms with Crippen molar-refractivity contribution in [3.63, 3.8) is 0 Å². The molecule has 554 valence electrons. The lowest BCUT2D eigenvalue weighted by atomic mass is 9.90. The van der Waals surface area contributed by atoms with Crippen molar-refractivity contribution in [3.8, 4) is 0 Å². The van der Waals surface area contributed by atoms with E-state index >= 15 is 19.2 Å². The predicted molar refractivity (Wildman–Crippen MR) is 370 cm³/mol. The molecule has 4 fully saturated rings. The van der Waals surface area contributed by atoms with Crippen LogP contribution < -0.4 is 16.0 Å². The number of nitrogens with zero attached hydrogens (tertiary/aromatic N) is 9. The third-order valence-corrected chi connectivity index (χ3v) is 21.5. The Kier molecular flexibility index (Phi) is 28.5. The van der Waals surface area contributed by atoms with E-state index in [0.717, 1.165) is 33.9 Å². The predicted octanol–water partition coefficient (Wildman–Crippen LogP) is 5.61. The Labute approximate surface area is 592 Å². The minimum absolute atomic E-state index is 0.0148. The van der Waals surface area contributed by atoms with Crippen molar-refractivity contribution in [2.24, 2.45) is 11.8 Å². The van der Waals surface area contributed by atoms with Crippen molar-refractivity contribution in [3.05, 3.63) is 69.7 Å². The van der Waals surface area contributed by atoms with Crippen LogP contribution in [0.1, 0.15) is 160 Å². The highest BCUT2D eigenvalue weighted by atomic mass is 35.5. The Morgan fingerprint density at radius 2 is 1.28 bits per heavy atom. The summed E-state index contributed by atoms with van der Waals surface area (Å²) >= 11 is 6.15. The van der Waals surface area contributed by atoms with Crippen LogP contribution in [0.2, 0.25) is 5.02 Å². The highest BCUT2D eigenvalue weighted by molar-refractivity contribution is 6.31. The van der Waals surface area contributed by atoms with Gasteiger partial charge in [0.2, 0.25) is 70.9 Å². The molecule has 1 aliphatic carbocycles. The van der Waals surface area contributed by atoms with Crippen LogP contribution in [0, 0.1) is 18.8 Å². The van der Waals surface area contributed by atoms with Gasteiger partial charge < -0.3 is 60.0 Å². The summed E-state index contributed by atoms with van der Waals surface area (Å²) in [6.45, 7) is 12.0. The first-order chi connectivity index (χ1) is 47.0. The van der Waals surface area contributed by atoms with Crippen LogP contribution >= 0.6 is 11.6 Å². The molecule has 6 rings (SSSR count). The van der Waals surface area contributed by atoms with Gasteiger partial charge in [-0.25, -0.2) is 0 Å². The number of amides is 12. The molecule has 0 bridgehead atoms. The number of carbonyl (C=O) groups is 12. The quantitative estimate of drug-likeness (QED) is 0.195. The maximum atomic E-state index is 15.4. The van der Waals surface area contributed by atoms with Crippen LogP contribution in [0.15, 0.2) is 42.5 Å². The standard InChI is InChI=1S/C72H106ClF3N12O12/c1-16-19-20-24-52-61(91)78-59(44(5)17-2)68(98)82(11)46(7)63(93)88-38-34-54(88)67(97)84(13)55(40-48-28-26-43(4)27-29-48)66(96)81(10)42-57(89)77-51(33-31-47-30-32-49(50(73)39-47)72(74,75)76)64(94)87-37-23-25-53(87)62(92)79-71(35-21-22-36-71)70(100)86(15)60(45(6)18-3)69(99)85(14)56(65(95)80(8)9)41-58(90)83(52)12/h26-30,32,39,44-46,51-56,59-60H,16-25,31,33-38,40-42H2,1-15H3,(H,77,89)(H,78,91)(H,79,92)/t44-,45-,46-,51-,52-,53-,54-,55-,56-,59-,60-/m0/s1.